The fourth-order valence-electron chi connectivity index (χ4n) is 10.5. The Balaban J connectivity index is 1.61. The van der Waals surface area contributed by atoms with Crippen LogP contribution in [-0.4, -0.2) is 61.5 Å². The summed E-state index contributed by atoms with van der Waals surface area (Å²) >= 11 is 0. The summed E-state index contributed by atoms with van der Waals surface area (Å²) in [5.41, 5.74) is 13.9. The van der Waals surface area contributed by atoms with E-state index in [0.717, 1.165) is 101 Å². The van der Waals surface area contributed by atoms with Gasteiger partial charge in [0, 0.05) is 58.8 Å². The van der Waals surface area contributed by atoms with Crippen molar-refractivity contribution in [2.45, 2.75) is 96.9 Å². The Morgan fingerprint density at radius 3 is 2.12 bits per heavy atom. The number of allylic oxidation sites excluding steroid dienone is 2. The predicted octanol–water partition coefficient (Wildman–Crippen LogP) is 8.51. The highest BCUT2D eigenvalue weighted by molar-refractivity contribution is 5.96. The summed E-state index contributed by atoms with van der Waals surface area (Å²) in [6, 6.07) is 14.0. The number of carboxylic acids is 2. The first-order valence-corrected chi connectivity index (χ1v) is 19.6. The monoisotopic (exact) mass is 762 g/mol. The Labute approximate surface area is 330 Å². The SMILES string of the molecule is CCC1=C(C)c2nc1cc1[nH]c(cc3[nH]c(cc4nc5c2C=C(C#N)[C@@H]2N(C)c6ccc(C=O)cc6[C@]4(C)[C@@]52CC)c(C)c3CCC(=O)O)c(CCC(=O)O)c1C. The summed E-state index contributed by atoms with van der Waals surface area (Å²) in [5, 5.41) is 30.5. The number of fused-ring (bicyclic) bond motifs is 11. The fraction of sp³-hybridized carbons (Fsp3) is 0.348. The summed E-state index contributed by atoms with van der Waals surface area (Å²) in [5.74, 6) is -1.81. The number of H-pyrrole nitrogens is 2. The molecule has 11 heteroatoms. The lowest BCUT2D eigenvalue weighted by Crippen LogP contribution is -2.63. The van der Waals surface area contributed by atoms with Crippen molar-refractivity contribution >= 4 is 63.2 Å². The minimum Gasteiger partial charge on any atom is -0.481 e. The third-order valence-corrected chi connectivity index (χ3v) is 13.4. The van der Waals surface area contributed by atoms with Crippen molar-refractivity contribution in [2.75, 3.05) is 11.9 Å². The molecule has 6 heterocycles. The number of aromatic nitrogens is 4. The molecule has 4 aromatic rings. The molecule has 3 atom stereocenters. The number of aromatic amines is 2. The normalized spacial score (nSPS) is 20.6. The highest BCUT2D eigenvalue weighted by Crippen LogP contribution is 2.64. The number of carbonyl (C=O) groups is 3. The summed E-state index contributed by atoms with van der Waals surface area (Å²) in [7, 11) is 2.02. The molecule has 3 aliphatic heterocycles. The number of carbonyl (C=O) groups excluding carboxylic acids is 1. The van der Waals surface area contributed by atoms with Gasteiger partial charge in [-0.2, -0.15) is 5.26 Å². The first kappa shape index (κ1) is 37.6. The van der Waals surface area contributed by atoms with E-state index >= 15 is 0 Å². The van der Waals surface area contributed by atoms with Crippen LogP contribution in [0.15, 0.2) is 42.0 Å². The number of rotatable bonds is 9. The van der Waals surface area contributed by atoms with Crippen LogP contribution >= 0.6 is 0 Å². The molecular formula is C46H46N6O5. The van der Waals surface area contributed by atoms with Gasteiger partial charge in [-0.1, -0.05) is 13.8 Å². The summed E-state index contributed by atoms with van der Waals surface area (Å²) in [4.78, 5) is 56.6. The molecule has 1 aliphatic carbocycles. The van der Waals surface area contributed by atoms with Crippen LogP contribution in [0.2, 0.25) is 0 Å². The first-order chi connectivity index (χ1) is 27.2. The van der Waals surface area contributed by atoms with Gasteiger partial charge in [0.25, 0.3) is 0 Å². The Morgan fingerprint density at radius 2 is 1.56 bits per heavy atom. The number of hydrogen-bond acceptors (Lipinski definition) is 7. The molecule has 4 aliphatic rings. The molecular weight excluding hydrogens is 717 g/mol. The topological polar surface area (TPSA) is 176 Å². The molecule has 0 radical (unpaired) electrons. The van der Waals surface area contributed by atoms with E-state index in [0.29, 0.717) is 30.4 Å². The molecule has 4 N–H and O–H groups in total. The van der Waals surface area contributed by atoms with E-state index in [1.54, 1.807) is 0 Å². The van der Waals surface area contributed by atoms with Crippen LogP contribution in [-0.2, 0) is 33.3 Å². The minimum absolute atomic E-state index is 0.0583. The van der Waals surface area contributed by atoms with Gasteiger partial charge in [0.1, 0.15) is 6.29 Å². The van der Waals surface area contributed by atoms with Crippen molar-refractivity contribution in [2.24, 2.45) is 0 Å². The van der Waals surface area contributed by atoms with Crippen molar-refractivity contribution in [3.05, 3.63) is 104 Å². The van der Waals surface area contributed by atoms with Crippen LogP contribution in [0.1, 0.15) is 120 Å². The molecule has 0 unspecified atom stereocenters. The lowest BCUT2D eigenvalue weighted by Gasteiger charge is -2.58. The molecule has 290 valence electrons. The van der Waals surface area contributed by atoms with Crippen LogP contribution in [0.25, 0.3) is 39.3 Å². The number of carboxylic acid groups (broad SMARTS) is 2. The maximum Gasteiger partial charge on any atom is 0.303 e. The van der Waals surface area contributed by atoms with Crippen molar-refractivity contribution in [3.8, 4) is 6.07 Å². The van der Waals surface area contributed by atoms with Crippen molar-refractivity contribution in [1.29, 1.82) is 5.26 Å². The van der Waals surface area contributed by atoms with E-state index < -0.39 is 22.8 Å². The average molecular weight is 763 g/mol. The molecule has 0 saturated heterocycles. The number of anilines is 1. The minimum atomic E-state index is -0.912. The standard InChI is InChI=1S/C46H46N6O5/c1-8-28-25(5)42-31-17-27(21-47)44-46(9-2)43(31)51-39(45(46,6)32-16-26(22-53)10-13-38(32)52(44)7)20-34-24(4)30(12-15-41(56)57)37(49-34)19-36-29(11-14-40(54)55)23(3)33(48-36)18-35(28)50-42/h10,13,16-20,22,44,48-49H,8-9,11-12,14-15H2,1-7H3,(H,54,55)(H,56,57)/t44-,45-,46-/m0/s1. The Bertz CT molecular complexity index is 2740. The number of likely N-dealkylation sites (N-methyl/N-ethyl adjacent to an activating group) is 1. The summed E-state index contributed by atoms with van der Waals surface area (Å²) in [6.07, 6.45) is 4.59. The van der Waals surface area contributed by atoms with Crippen LogP contribution < -0.4 is 4.90 Å². The van der Waals surface area contributed by atoms with Crippen LogP contribution in [0.4, 0.5) is 5.69 Å². The maximum atomic E-state index is 12.4. The number of aryl methyl sites for hydroxylation is 4. The molecule has 8 rings (SSSR count). The van der Waals surface area contributed by atoms with E-state index in [1.165, 1.54) is 0 Å². The molecule has 57 heavy (non-hydrogen) atoms. The summed E-state index contributed by atoms with van der Waals surface area (Å²) < 4.78 is 0. The van der Waals surface area contributed by atoms with E-state index in [-0.39, 0.29) is 25.3 Å². The van der Waals surface area contributed by atoms with Crippen molar-refractivity contribution in [1.82, 2.24) is 19.9 Å². The van der Waals surface area contributed by atoms with Gasteiger partial charge in [-0.05, 0) is 135 Å². The lowest BCUT2D eigenvalue weighted by molar-refractivity contribution is -0.138. The second-order valence-corrected chi connectivity index (χ2v) is 16.0. The van der Waals surface area contributed by atoms with E-state index in [9.17, 15) is 29.9 Å². The number of nitriles is 1. The maximum absolute atomic E-state index is 12.4. The van der Waals surface area contributed by atoms with E-state index in [2.05, 4.69) is 54.7 Å². The number of hydrogen-bond donors (Lipinski definition) is 4. The van der Waals surface area contributed by atoms with Gasteiger partial charge in [0.05, 0.1) is 51.3 Å². The zero-order chi connectivity index (χ0) is 40.7. The Hall–Kier alpha value is -6.28. The van der Waals surface area contributed by atoms with E-state index in [4.69, 9.17) is 9.97 Å². The van der Waals surface area contributed by atoms with Gasteiger partial charge in [-0.3, -0.25) is 19.4 Å². The van der Waals surface area contributed by atoms with Gasteiger partial charge in [-0.15, -0.1) is 0 Å². The zero-order valence-corrected chi connectivity index (χ0v) is 33.3. The predicted molar refractivity (Wildman–Crippen MR) is 221 cm³/mol. The number of benzene rings is 1. The average Bonchev–Trinajstić information content (AvgIpc) is 3.85. The summed E-state index contributed by atoms with van der Waals surface area (Å²) in [6.45, 7) is 12.5. The van der Waals surface area contributed by atoms with Crippen molar-refractivity contribution < 1.29 is 24.6 Å². The third kappa shape index (κ3) is 5.26. The smallest absolute Gasteiger partial charge is 0.303 e. The van der Waals surface area contributed by atoms with Gasteiger partial charge < -0.3 is 25.1 Å². The Kier molecular flexibility index (Phi) is 8.87. The molecule has 0 saturated carbocycles. The van der Waals surface area contributed by atoms with Gasteiger partial charge in [-0.25, -0.2) is 4.98 Å². The van der Waals surface area contributed by atoms with Crippen LogP contribution in [0.3, 0.4) is 0 Å². The van der Waals surface area contributed by atoms with Gasteiger partial charge >= 0.3 is 11.9 Å². The second kappa shape index (κ2) is 13.4. The van der Waals surface area contributed by atoms with Crippen molar-refractivity contribution in [3.63, 3.8) is 0 Å². The number of aldehydes is 1. The molecule has 8 bridgehead atoms. The quantitative estimate of drug-likeness (QED) is 0.122. The molecule has 0 spiro atoms. The highest BCUT2D eigenvalue weighted by Gasteiger charge is 2.66. The number of aliphatic carboxylic acids is 2. The number of nitrogens with zero attached hydrogens (tertiary/aromatic N) is 4. The largest absolute Gasteiger partial charge is 0.481 e. The second-order valence-electron chi connectivity index (χ2n) is 16.0. The molecule has 11 nitrogen and oxygen atoms in total. The molecule has 3 aromatic heterocycles. The fourth-order valence-corrected chi connectivity index (χ4v) is 10.5. The van der Waals surface area contributed by atoms with E-state index in [1.807, 2.05) is 57.3 Å². The third-order valence-electron chi connectivity index (χ3n) is 13.4. The number of nitrogens with one attached hydrogen (secondary N) is 2. The molecule has 0 fully saturated rings. The zero-order valence-electron chi connectivity index (χ0n) is 33.3. The van der Waals surface area contributed by atoms with Gasteiger partial charge in [0.2, 0.25) is 0 Å². The Morgan fingerprint density at radius 1 is 0.930 bits per heavy atom. The van der Waals surface area contributed by atoms with Crippen LogP contribution in [0.5, 0.6) is 0 Å². The molecule has 1 aromatic carbocycles. The van der Waals surface area contributed by atoms with Crippen LogP contribution in [0, 0.1) is 25.2 Å². The molecule has 0 amide bonds. The van der Waals surface area contributed by atoms with Gasteiger partial charge in [0.15, 0.2) is 0 Å². The lowest BCUT2D eigenvalue weighted by atomic mass is 9.50. The first-order valence-electron chi connectivity index (χ1n) is 19.6. The highest BCUT2D eigenvalue weighted by atomic mass is 16.4.